The maximum absolute atomic E-state index is 12.1. The van der Waals surface area contributed by atoms with E-state index < -0.39 is 0 Å². The molecule has 0 radical (unpaired) electrons. The fourth-order valence-corrected chi connectivity index (χ4v) is 2.41. The quantitative estimate of drug-likeness (QED) is 0.747. The zero-order valence-electron chi connectivity index (χ0n) is 12.5. The van der Waals surface area contributed by atoms with Gasteiger partial charge in [0.2, 0.25) is 11.8 Å². The lowest BCUT2D eigenvalue weighted by Crippen LogP contribution is -2.14. The van der Waals surface area contributed by atoms with Crippen molar-refractivity contribution in [3.05, 3.63) is 36.2 Å². The van der Waals surface area contributed by atoms with E-state index >= 15 is 0 Å². The first-order valence-electron chi connectivity index (χ1n) is 7.71. The summed E-state index contributed by atoms with van der Waals surface area (Å²) in [6, 6.07) is 3.50. The summed E-state index contributed by atoms with van der Waals surface area (Å²) in [5.74, 6) is 2.44. The molecule has 0 spiro atoms. The van der Waals surface area contributed by atoms with Crippen LogP contribution in [0.2, 0.25) is 0 Å². The number of hydrogen-bond donors (Lipinski definition) is 1. The molecule has 0 unspecified atom stereocenters. The third-order valence-electron chi connectivity index (χ3n) is 3.78. The van der Waals surface area contributed by atoms with E-state index in [0.717, 1.165) is 18.7 Å². The first-order valence-corrected chi connectivity index (χ1v) is 7.71. The van der Waals surface area contributed by atoms with E-state index in [9.17, 15) is 4.79 Å². The monoisotopic (exact) mass is 312 g/mol. The van der Waals surface area contributed by atoms with Crippen LogP contribution in [0.5, 0.6) is 0 Å². The Morgan fingerprint density at radius 1 is 1.35 bits per heavy atom. The molecule has 3 aromatic heterocycles. The maximum atomic E-state index is 12.1. The van der Waals surface area contributed by atoms with Crippen LogP contribution in [0, 0.1) is 0 Å². The molecule has 4 rings (SSSR count). The van der Waals surface area contributed by atoms with Crippen LogP contribution >= 0.6 is 0 Å². The largest absolute Gasteiger partial charge is 0.339 e. The van der Waals surface area contributed by atoms with Gasteiger partial charge in [0, 0.05) is 31.0 Å². The molecule has 0 aromatic carbocycles. The van der Waals surface area contributed by atoms with Crippen LogP contribution in [0.15, 0.2) is 29.0 Å². The molecule has 8 nitrogen and oxygen atoms in total. The number of amides is 1. The maximum Gasteiger partial charge on any atom is 0.226 e. The molecular weight excluding hydrogens is 296 g/mol. The normalized spacial score (nSPS) is 14.3. The molecule has 1 amide bonds. The molecule has 23 heavy (non-hydrogen) atoms. The Kier molecular flexibility index (Phi) is 3.49. The third-order valence-corrected chi connectivity index (χ3v) is 3.78. The zero-order valence-corrected chi connectivity index (χ0v) is 12.5. The van der Waals surface area contributed by atoms with Crippen LogP contribution in [-0.4, -0.2) is 30.6 Å². The average molecular weight is 312 g/mol. The molecule has 1 aliphatic carbocycles. The second-order valence-corrected chi connectivity index (χ2v) is 5.65. The van der Waals surface area contributed by atoms with Gasteiger partial charge in [0.05, 0.1) is 6.20 Å². The predicted molar refractivity (Wildman–Crippen MR) is 80.8 cm³/mol. The number of aromatic nitrogens is 5. The number of fused-ring (bicyclic) bond motifs is 1. The van der Waals surface area contributed by atoms with Crippen molar-refractivity contribution >= 4 is 17.4 Å². The highest BCUT2D eigenvalue weighted by molar-refractivity contribution is 5.90. The molecule has 0 aliphatic heterocycles. The van der Waals surface area contributed by atoms with Gasteiger partial charge in [0.1, 0.15) is 5.82 Å². The second-order valence-electron chi connectivity index (χ2n) is 5.65. The van der Waals surface area contributed by atoms with Gasteiger partial charge in [-0.25, -0.2) is 4.98 Å². The molecular formula is C15H16N6O2. The van der Waals surface area contributed by atoms with Gasteiger partial charge in [-0.3, -0.25) is 4.79 Å². The van der Waals surface area contributed by atoms with Gasteiger partial charge in [0.25, 0.3) is 0 Å². The molecule has 8 heteroatoms. The summed E-state index contributed by atoms with van der Waals surface area (Å²) in [6.07, 6.45) is 7.23. The van der Waals surface area contributed by atoms with Gasteiger partial charge < -0.3 is 9.84 Å². The topological polar surface area (TPSA) is 98.2 Å². The third kappa shape index (κ3) is 3.05. The van der Waals surface area contributed by atoms with Gasteiger partial charge in [-0.2, -0.15) is 14.6 Å². The van der Waals surface area contributed by atoms with Crippen LogP contribution in [-0.2, 0) is 11.2 Å². The number of anilines is 1. The fourth-order valence-electron chi connectivity index (χ4n) is 2.41. The van der Waals surface area contributed by atoms with Crippen LogP contribution in [0.1, 0.15) is 43.3 Å². The molecule has 1 aliphatic rings. The Bertz CT molecular complexity index is 835. The number of aryl methyl sites for hydroxylation is 1. The summed E-state index contributed by atoms with van der Waals surface area (Å²) in [5, 5.41) is 10.9. The molecule has 118 valence electrons. The van der Waals surface area contributed by atoms with Crippen molar-refractivity contribution < 1.29 is 9.32 Å². The predicted octanol–water partition coefficient (Wildman–Crippen LogP) is 1.95. The lowest BCUT2D eigenvalue weighted by molar-refractivity contribution is -0.116. The van der Waals surface area contributed by atoms with Crippen LogP contribution in [0.3, 0.4) is 0 Å². The number of carbonyl (C=O) groups excluding carboxylic acids is 1. The summed E-state index contributed by atoms with van der Waals surface area (Å²) in [4.78, 5) is 20.6. The van der Waals surface area contributed by atoms with Crippen molar-refractivity contribution in [2.75, 3.05) is 5.32 Å². The minimum Gasteiger partial charge on any atom is -0.339 e. The van der Waals surface area contributed by atoms with Crippen molar-refractivity contribution in [3.8, 4) is 0 Å². The van der Waals surface area contributed by atoms with Crippen molar-refractivity contribution in [2.24, 2.45) is 0 Å². The highest BCUT2D eigenvalue weighted by Gasteiger charge is 2.28. The average Bonchev–Trinajstić information content (AvgIpc) is 3.09. The van der Waals surface area contributed by atoms with Crippen molar-refractivity contribution in [2.45, 2.75) is 38.0 Å². The van der Waals surface area contributed by atoms with Gasteiger partial charge in [-0.05, 0) is 25.3 Å². The minimum atomic E-state index is -0.0741. The Labute approximate surface area is 131 Å². The molecule has 1 fully saturated rings. The summed E-state index contributed by atoms with van der Waals surface area (Å²) in [7, 11) is 0. The summed E-state index contributed by atoms with van der Waals surface area (Å²) >= 11 is 0. The minimum absolute atomic E-state index is 0.0741. The van der Waals surface area contributed by atoms with E-state index in [1.54, 1.807) is 29.0 Å². The van der Waals surface area contributed by atoms with E-state index in [1.807, 2.05) is 0 Å². The summed E-state index contributed by atoms with van der Waals surface area (Å²) < 4.78 is 6.79. The molecule has 0 bridgehead atoms. The fraction of sp³-hybridized carbons (Fsp3) is 0.400. The molecule has 1 N–H and O–H groups in total. The summed E-state index contributed by atoms with van der Waals surface area (Å²) in [5.41, 5.74) is 0.696. The van der Waals surface area contributed by atoms with Crippen molar-refractivity contribution in [1.82, 2.24) is 24.7 Å². The Morgan fingerprint density at radius 3 is 3.13 bits per heavy atom. The number of nitrogens with one attached hydrogen (secondary N) is 1. The number of nitrogens with zero attached hydrogens (tertiary/aromatic N) is 5. The first-order chi connectivity index (χ1) is 11.3. The van der Waals surface area contributed by atoms with E-state index in [0.29, 0.717) is 42.5 Å². The van der Waals surface area contributed by atoms with Crippen molar-refractivity contribution in [1.29, 1.82) is 0 Å². The van der Waals surface area contributed by atoms with Crippen LogP contribution in [0.25, 0.3) is 5.65 Å². The lowest BCUT2D eigenvalue weighted by atomic mass is 10.2. The second kappa shape index (κ2) is 5.79. The van der Waals surface area contributed by atoms with Crippen LogP contribution < -0.4 is 5.32 Å². The van der Waals surface area contributed by atoms with E-state index in [4.69, 9.17) is 4.52 Å². The zero-order chi connectivity index (χ0) is 15.6. The smallest absolute Gasteiger partial charge is 0.226 e. The van der Waals surface area contributed by atoms with Gasteiger partial charge in [-0.15, -0.1) is 0 Å². The first kappa shape index (κ1) is 13.9. The van der Waals surface area contributed by atoms with E-state index in [1.165, 1.54) is 0 Å². The highest BCUT2D eigenvalue weighted by Crippen LogP contribution is 2.38. The van der Waals surface area contributed by atoms with Crippen LogP contribution in [0.4, 0.5) is 5.82 Å². The number of carbonyl (C=O) groups is 1. The SMILES string of the molecule is O=C(CCCc1nc(C2CC2)no1)Nc1ccnc2ccnn12. The van der Waals surface area contributed by atoms with E-state index in [-0.39, 0.29) is 5.91 Å². The number of hydrogen-bond acceptors (Lipinski definition) is 6. The van der Waals surface area contributed by atoms with Gasteiger partial charge in [0.15, 0.2) is 11.5 Å². The Balaban J connectivity index is 1.30. The Hall–Kier alpha value is -2.77. The molecule has 0 atom stereocenters. The Morgan fingerprint density at radius 2 is 2.26 bits per heavy atom. The number of rotatable bonds is 6. The summed E-state index contributed by atoms with van der Waals surface area (Å²) in [6.45, 7) is 0. The van der Waals surface area contributed by atoms with E-state index in [2.05, 4.69) is 25.5 Å². The standard InChI is InChI=1S/C15H16N6O2/c22-13(18-12-6-8-16-11-7-9-17-21(11)12)2-1-3-14-19-15(20-23-14)10-4-5-10/h6-10H,1-5H2,(H,18,22). The molecule has 1 saturated carbocycles. The molecule has 3 aromatic rings. The molecule has 3 heterocycles. The van der Waals surface area contributed by atoms with Gasteiger partial charge >= 0.3 is 0 Å². The molecule has 0 saturated heterocycles. The highest BCUT2D eigenvalue weighted by atomic mass is 16.5. The lowest BCUT2D eigenvalue weighted by Gasteiger charge is -2.06. The van der Waals surface area contributed by atoms with Crippen molar-refractivity contribution in [3.63, 3.8) is 0 Å². The van der Waals surface area contributed by atoms with Gasteiger partial charge in [-0.1, -0.05) is 5.16 Å².